The van der Waals surface area contributed by atoms with E-state index in [1.807, 2.05) is 0 Å². The summed E-state index contributed by atoms with van der Waals surface area (Å²) in [6.07, 6.45) is -0.507. The molecule has 0 amide bonds. The minimum absolute atomic E-state index is 0.00171. The zero-order chi connectivity index (χ0) is 12.3. The molecule has 0 aromatic heterocycles. The molecule has 1 aromatic rings. The van der Waals surface area contributed by atoms with Gasteiger partial charge in [0.05, 0.1) is 24.5 Å². The van der Waals surface area contributed by atoms with E-state index in [4.69, 9.17) is 9.84 Å². The fourth-order valence-electron chi connectivity index (χ4n) is 1.24. The number of hydrogen-bond acceptors (Lipinski definition) is 5. The Morgan fingerprint density at radius 3 is 2.62 bits per heavy atom. The van der Waals surface area contributed by atoms with Crippen LogP contribution in [0.2, 0.25) is 0 Å². The zero-order valence-electron chi connectivity index (χ0n) is 8.34. The number of nitrogens with zero attached hydrogens (tertiary/aromatic N) is 1. The highest BCUT2D eigenvalue weighted by atomic mass is 16.6. The highest BCUT2D eigenvalue weighted by Crippen LogP contribution is 2.33. The summed E-state index contributed by atoms with van der Waals surface area (Å²) in [7, 11) is 1.27. The molecule has 0 spiro atoms. The van der Waals surface area contributed by atoms with Crippen LogP contribution in [0.5, 0.6) is 11.5 Å². The van der Waals surface area contributed by atoms with Crippen molar-refractivity contribution in [2.45, 2.75) is 6.42 Å². The van der Waals surface area contributed by atoms with Gasteiger partial charge in [-0.15, -0.1) is 0 Å². The molecule has 0 saturated heterocycles. The number of nitro groups is 1. The van der Waals surface area contributed by atoms with Crippen molar-refractivity contribution in [3.05, 3.63) is 27.8 Å². The van der Waals surface area contributed by atoms with E-state index in [-0.39, 0.29) is 11.3 Å². The minimum Gasteiger partial charge on any atom is -0.504 e. The van der Waals surface area contributed by atoms with E-state index in [0.29, 0.717) is 0 Å². The summed E-state index contributed by atoms with van der Waals surface area (Å²) >= 11 is 0. The first-order chi connectivity index (χ1) is 7.45. The summed E-state index contributed by atoms with van der Waals surface area (Å²) in [4.78, 5) is 20.4. The van der Waals surface area contributed by atoms with Crippen LogP contribution in [0.15, 0.2) is 12.1 Å². The third kappa shape index (κ3) is 2.38. The van der Waals surface area contributed by atoms with E-state index in [1.165, 1.54) is 7.11 Å². The van der Waals surface area contributed by atoms with Gasteiger partial charge >= 0.3 is 5.97 Å². The molecule has 0 aliphatic heterocycles. The van der Waals surface area contributed by atoms with E-state index < -0.39 is 28.8 Å². The predicted molar refractivity (Wildman–Crippen MR) is 52.7 cm³/mol. The molecule has 2 N–H and O–H groups in total. The number of carbonyl (C=O) groups is 1. The number of benzene rings is 1. The number of phenolic OH excluding ortho intramolecular Hbond substituents is 1. The average molecular weight is 227 g/mol. The molecular weight excluding hydrogens is 218 g/mol. The van der Waals surface area contributed by atoms with Crippen LogP contribution >= 0.6 is 0 Å². The smallest absolute Gasteiger partial charge is 0.308 e. The number of phenols is 1. The lowest BCUT2D eigenvalue weighted by Gasteiger charge is -2.06. The predicted octanol–water partition coefficient (Wildman–Crippen LogP) is 0.936. The molecule has 86 valence electrons. The van der Waals surface area contributed by atoms with E-state index in [9.17, 15) is 20.0 Å². The molecule has 1 rings (SSSR count). The van der Waals surface area contributed by atoms with Gasteiger partial charge in [0.1, 0.15) is 0 Å². The minimum atomic E-state index is -1.20. The fraction of sp³-hybridized carbons (Fsp3) is 0.222. The van der Waals surface area contributed by atoms with Gasteiger partial charge in [-0.05, 0) is 6.07 Å². The van der Waals surface area contributed by atoms with Gasteiger partial charge < -0.3 is 14.9 Å². The maximum absolute atomic E-state index is 10.6. The largest absolute Gasteiger partial charge is 0.504 e. The SMILES string of the molecule is COc1cc(CC(=O)O)c([N+](=O)[O-])cc1O. The molecule has 0 aliphatic carbocycles. The number of aromatic hydroxyl groups is 1. The van der Waals surface area contributed by atoms with Crippen molar-refractivity contribution in [2.75, 3.05) is 7.11 Å². The van der Waals surface area contributed by atoms with Crippen molar-refractivity contribution in [3.63, 3.8) is 0 Å². The lowest BCUT2D eigenvalue weighted by Crippen LogP contribution is -2.04. The molecule has 0 atom stereocenters. The summed E-state index contributed by atoms with van der Waals surface area (Å²) in [5.41, 5.74) is -0.465. The van der Waals surface area contributed by atoms with Gasteiger partial charge in [-0.3, -0.25) is 14.9 Å². The van der Waals surface area contributed by atoms with Gasteiger partial charge in [-0.1, -0.05) is 0 Å². The molecule has 0 radical (unpaired) electrons. The van der Waals surface area contributed by atoms with E-state index in [0.717, 1.165) is 12.1 Å². The lowest BCUT2D eigenvalue weighted by atomic mass is 10.1. The maximum atomic E-state index is 10.6. The molecule has 7 nitrogen and oxygen atoms in total. The van der Waals surface area contributed by atoms with Gasteiger partial charge in [-0.25, -0.2) is 0 Å². The third-order valence-corrected chi connectivity index (χ3v) is 1.92. The maximum Gasteiger partial charge on any atom is 0.308 e. The quantitative estimate of drug-likeness (QED) is 0.585. The summed E-state index contributed by atoms with van der Waals surface area (Å²) in [6, 6.07) is 2.01. The van der Waals surface area contributed by atoms with Crippen LogP contribution in [0, 0.1) is 10.1 Å². The van der Waals surface area contributed by atoms with Crippen molar-refractivity contribution in [1.82, 2.24) is 0 Å². The molecule has 0 bridgehead atoms. The second-order valence-corrected chi connectivity index (χ2v) is 2.98. The van der Waals surface area contributed by atoms with Crippen molar-refractivity contribution < 1.29 is 24.7 Å². The van der Waals surface area contributed by atoms with Crippen molar-refractivity contribution >= 4 is 11.7 Å². The number of carboxylic acid groups (broad SMARTS) is 1. The summed E-state index contributed by atoms with van der Waals surface area (Å²) in [6.45, 7) is 0. The number of nitro benzene ring substituents is 1. The Bertz CT molecular complexity index is 442. The Labute approximate surface area is 90.0 Å². The van der Waals surface area contributed by atoms with Crippen LogP contribution in [0.1, 0.15) is 5.56 Å². The first-order valence-corrected chi connectivity index (χ1v) is 4.21. The highest BCUT2D eigenvalue weighted by Gasteiger charge is 2.20. The normalized spacial score (nSPS) is 9.81. The zero-order valence-corrected chi connectivity index (χ0v) is 8.34. The Kier molecular flexibility index (Phi) is 3.29. The van der Waals surface area contributed by atoms with Gasteiger partial charge in [0.2, 0.25) is 0 Å². The third-order valence-electron chi connectivity index (χ3n) is 1.92. The topological polar surface area (TPSA) is 110 Å². The monoisotopic (exact) mass is 227 g/mol. The molecule has 0 unspecified atom stereocenters. The number of hydrogen-bond donors (Lipinski definition) is 2. The Morgan fingerprint density at radius 2 is 2.19 bits per heavy atom. The molecule has 0 saturated carbocycles. The molecule has 1 aromatic carbocycles. The van der Waals surface area contributed by atoms with Crippen LogP contribution in [0.25, 0.3) is 0 Å². The first-order valence-electron chi connectivity index (χ1n) is 4.21. The lowest BCUT2D eigenvalue weighted by molar-refractivity contribution is -0.385. The number of methoxy groups -OCH3 is 1. The molecular formula is C9H9NO6. The molecule has 16 heavy (non-hydrogen) atoms. The molecule has 0 heterocycles. The highest BCUT2D eigenvalue weighted by molar-refractivity contribution is 5.73. The van der Waals surface area contributed by atoms with Gasteiger partial charge in [0.25, 0.3) is 5.69 Å². The number of aliphatic carboxylic acids is 1. The summed E-state index contributed by atoms with van der Waals surface area (Å²) in [5.74, 6) is -1.60. The summed E-state index contributed by atoms with van der Waals surface area (Å²) in [5, 5.41) is 28.5. The Hall–Kier alpha value is -2.31. The van der Waals surface area contributed by atoms with Crippen LogP contribution < -0.4 is 4.74 Å². The first kappa shape index (κ1) is 11.8. The second-order valence-electron chi connectivity index (χ2n) is 2.98. The fourth-order valence-corrected chi connectivity index (χ4v) is 1.24. The van der Waals surface area contributed by atoms with Gasteiger partial charge in [0, 0.05) is 5.56 Å². The van der Waals surface area contributed by atoms with Gasteiger partial charge in [0.15, 0.2) is 11.5 Å². The average Bonchev–Trinajstić information content (AvgIpc) is 2.19. The van der Waals surface area contributed by atoms with Crippen LogP contribution in [-0.4, -0.2) is 28.2 Å². The van der Waals surface area contributed by atoms with Crippen molar-refractivity contribution in [3.8, 4) is 11.5 Å². The van der Waals surface area contributed by atoms with Crippen molar-refractivity contribution in [1.29, 1.82) is 0 Å². The van der Waals surface area contributed by atoms with E-state index in [2.05, 4.69) is 0 Å². The molecule has 7 heteroatoms. The van der Waals surface area contributed by atoms with Gasteiger partial charge in [-0.2, -0.15) is 0 Å². The standard InChI is InChI=1S/C9H9NO6/c1-16-8-2-5(3-9(12)13)6(10(14)15)4-7(8)11/h2,4,11H,3H2,1H3,(H,12,13). The van der Waals surface area contributed by atoms with Crippen LogP contribution in [-0.2, 0) is 11.2 Å². The van der Waals surface area contributed by atoms with Crippen molar-refractivity contribution in [2.24, 2.45) is 0 Å². The summed E-state index contributed by atoms with van der Waals surface area (Å²) < 4.78 is 4.74. The van der Waals surface area contributed by atoms with Crippen LogP contribution in [0.4, 0.5) is 5.69 Å². The van der Waals surface area contributed by atoms with E-state index >= 15 is 0 Å². The molecule has 0 aliphatic rings. The number of ether oxygens (including phenoxy) is 1. The number of rotatable bonds is 4. The van der Waals surface area contributed by atoms with Crippen LogP contribution in [0.3, 0.4) is 0 Å². The number of carboxylic acids is 1. The van der Waals surface area contributed by atoms with E-state index in [1.54, 1.807) is 0 Å². The Morgan fingerprint density at radius 1 is 1.56 bits per heavy atom. The Balaban J connectivity index is 3.30. The molecule has 0 fully saturated rings. The second kappa shape index (κ2) is 4.47.